The number of nitrogens with one attached hydrogen (secondary N) is 2. The fraction of sp³-hybridized carbons (Fsp3) is 0.0455. The van der Waals surface area contributed by atoms with E-state index in [1.165, 1.54) is 10.6 Å². The van der Waals surface area contributed by atoms with Crippen LogP contribution < -0.4 is 10.9 Å². The number of hydrogen-bond acceptors (Lipinski definition) is 3. The van der Waals surface area contributed by atoms with E-state index in [1.807, 2.05) is 18.2 Å². The fourth-order valence-corrected chi connectivity index (χ4v) is 3.34. The van der Waals surface area contributed by atoms with Gasteiger partial charge < -0.3 is 10.3 Å². The number of anilines is 1. The molecule has 0 aliphatic carbocycles. The number of fused-ring (bicyclic) bond motifs is 1. The Morgan fingerprint density at radius 1 is 1.07 bits per heavy atom. The second-order valence-corrected chi connectivity index (χ2v) is 6.97. The van der Waals surface area contributed by atoms with E-state index in [9.17, 15) is 14.0 Å². The number of benzene rings is 3. The van der Waals surface area contributed by atoms with E-state index in [1.54, 1.807) is 49.4 Å². The van der Waals surface area contributed by atoms with Crippen molar-refractivity contribution in [3.63, 3.8) is 0 Å². The lowest BCUT2D eigenvalue weighted by atomic mass is 10.1. The normalized spacial score (nSPS) is 10.8. The zero-order valence-corrected chi connectivity index (χ0v) is 16.2. The van der Waals surface area contributed by atoms with Crippen molar-refractivity contribution in [1.29, 1.82) is 0 Å². The van der Waals surface area contributed by atoms with Gasteiger partial charge in [-0.25, -0.2) is 4.39 Å². The quantitative estimate of drug-likeness (QED) is 0.484. The van der Waals surface area contributed by atoms with Crippen LogP contribution in [-0.4, -0.2) is 15.5 Å². The molecule has 0 aliphatic rings. The van der Waals surface area contributed by atoms with Crippen molar-refractivity contribution in [3.05, 3.63) is 98.8 Å². The number of nitrogens with zero attached hydrogens (tertiary/aromatic N) is 1. The number of carbonyl (C=O) groups is 1. The average molecular weight is 405 g/mol. The van der Waals surface area contributed by atoms with Crippen molar-refractivity contribution in [2.45, 2.75) is 6.92 Å². The van der Waals surface area contributed by atoms with Crippen molar-refractivity contribution in [2.24, 2.45) is 0 Å². The molecule has 144 valence electrons. The number of para-hydroxylation sites is 1. The van der Waals surface area contributed by atoms with Gasteiger partial charge in [0.15, 0.2) is 4.77 Å². The highest BCUT2D eigenvalue weighted by molar-refractivity contribution is 7.71. The van der Waals surface area contributed by atoms with Gasteiger partial charge in [0.05, 0.1) is 16.6 Å². The first-order valence-corrected chi connectivity index (χ1v) is 9.27. The molecule has 4 rings (SSSR count). The van der Waals surface area contributed by atoms with Crippen LogP contribution in [0.15, 0.2) is 71.5 Å². The van der Waals surface area contributed by atoms with Crippen molar-refractivity contribution in [1.82, 2.24) is 9.55 Å². The molecule has 0 unspecified atom stereocenters. The number of aryl methyl sites for hydroxylation is 1. The van der Waals surface area contributed by atoms with Crippen LogP contribution in [0.2, 0.25) is 0 Å². The van der Waals surface area contributed by atoms with Gasteiger partial charge in [-0.2, -0.15) is 0 Å². The van der Waals surface area contributed by atoms with Crippen LogP contribution in [0, 0.1) is 17.5 Å². The Labute approximate surface area is 170 Å². The Bertz CT molecular complexity index is 1360. The van der Waals surface area contributed by atoms with Crippen molar-refractivity contribution >= 4 is 34.7 Å². The highest BCUT2D eigenvalue weighted by Gasteiger charge is 2.12. The Morgan fingerprint density at radius 3 is 2.55 bits per heavy atom. The van der Waals surface area contributed by atoms with Gasteiger partial charge in [-0.05, 0) is 67.2 Å². The summed E-state index contributed by atoms with van der Waals surface area (Å²) >= 11 is 5.35. The minimum absolute atomic E-state index is 0.229. The Morgan fingerprint density at radius 2 is 1.83 bits per heavy atom. The molecule has 0 aliphatic heterocycles. The van der Waals surface area contributed by atoms with Gasteiger partial charge in [-0.15, -0.1) is 0 Å². The maximum Gasteiger partial charge on any atom is 0.266 e. The molecule has 0 saturated carbocycles. The standard InChI is InChI=1S/C22H16FN3O2S/c1-13-7-9-15(12-18(13)23)24-20(27)14-8-10-17-19(11-14)25-22(29)26(21(17)28)16-5-3-2-4-6-16/h2-12H,1H3,(H,24,27)(H,25,29). The number of rotatable bonds is 3. The molecule has 1 aromatic heterocycles. The molecule has 29 heavy (non-hydrogen) atoms. The van der Waals surface area contributed by atoms with Gasteiger partial charge in [0, 0.05) is 11.3 Å². The van der Waals surface area contributed by atoms with E-state index in [-0.39, 0.29) is 10.3 Å². The summed E-state index contributed by atoms with van der Waals surface area (Å²) in [7, 11) is 0. The fourth-order valence-electron chi connectivity index (χ4n) is 3.04. The maximum atomic E-state index is 13.7. The van der Waals surface area contributed by atoms with Crippen LogP contribution in [0.3, 0.4) is 0 Å². The summed E-state index contributed by atoms with van der Waals surface area (Å²) in [5.74, 6) is -0.812. The van der Waals surface area contributed by atoms with E-state index in [4.69, 9.17) is 12.2 Å². The molecule has 2 N–H and O–H groups in total. The second kappa shape index (κ2) is 7.44. The number of carbonyl (C=O) groups excluding carboxylic acids is 1. The molecule has 1 heterocycles. The van der Waals surface area contributed by atoms with Crippen molar-refractivity contribution in [3.8, 4) is 5.69 Å². The molecule has 5 nitrogen and oxygen atoms in total. The first kappa shape index (κ1) is 18.8. The Balaban J connectivity index is 1.73. The number of aromatic nitrogens is 2. The van der Waals surface area contributed by atoms with Crippen LogP contribution in [0.25, 0.3) is 16.6 Å². The molecule has 7 heteroatoms. The van der Waals surface area contributed by atoms with E-state index < -0.39 is 11.7 Å². The third-order valence-corrected chi connectivity index (χ3v) is 4.89. The lowest BCUT2D eigenvalue weighted by Crippen LogP contribution is -2.21. The minimum atomic E-state index is -0.415. The van der Waals surface area contributed by atoms with Crippen LogP contribution >= 0.6 is 12.2 Å². The number of amides is 1. The third-order valence-electron chi connectivity index (χ3n) is 4.60. The van der Waals surface area contributed by atoms with Crippen molar-refractivity contribution in [2.75, 3.05) is 5.32 Å². The van der Waals surface area contributed by atoms with E-state index in [2.05, 4.69) is 10.3 Å². The van der Waals surface area contributed by atoms with E-state index in [0.29, 0.717) is 33.4 Å². The molecule has 4 aromatic rings. The van der Waals surface area contributed by atoms with Gasteiger partial charge >= 0.3 is 0 Å². The zero-order valence-electron chi connectivity index (χ0n) is 15.4. The summed E-state index contributed by atoms with van der Waals surface area (Å²) in [4.78, 5) is 28.5. The molecular formula is C22H16FN3O2S. The molecule has 0 radical (unpaired) electrons. The molecule has 1 amide bonds. The van der Waals surface area contributed by atoms with Gasteiger partial charge in [0.2, 0.25) is 0 Å². The first-order valence-electron chi connectivity index (χ1n) is 8.86. The van der Waals surface area contributed by atoms with Gasteiger partial charge in [-0.1, -0.05) is 24.3 Å². The van der Waals surface area contributed by atoms with Gasteiger partial charge in [0.1, 0.15) is 5.82 Å². The molecule has 3 aromatic carbocycles. The summed E-state index contributed by atoms with van der Waals surface area (Å²) in [6, 6.07) is 18.2. The van der Waals surface area contributed by atoms with Gasteiger partial charge in [0.25, 0.3) is 11.5 Å². The lowest BCUT2D eigenvalue weighted by Gasteiger charge is -2.10. The SMILES string of the molecule is Cc1ccc(NC(=O)c2ccc3c(=O)n(-c4ccccc4)c(=S)[nH]c3c2)cc1F. The summed E-state index contributed by atoms with van der Waals surface area (Å²) < 4.78 is 15.3. The Kier molecular flexibility index (Phi) is 4.82. The van der Waals surface area contributed by atoms with Crippen LogP contribution in [0.5, 0.6) is 0 Å². The molecule has 0 saturated heterocycles. The van der Waals surface area contributed by atoms with E-state index in [0.717, 1.165) is 0 Å². The summed E-state index contributed by atoms with van der Waals surface area (Å²) in [6.45, 7) is 1.65. The maximum absolute atomic E-state index is 13.7. The lowest BCUT2D eigenvalue weighted by molar-refractivity contribution is 0.102. The number of aromatic amines is 1. The highest BCUT2D eigenvalue weighted by Crippen LogP contribution is 2.17. The van der Waals surface area contributed by atoms with Crippen LogP contribution in [-0.2, 0) is 0 Å². The topological polar surface area (TPSA) is 66.9 Å². The van der Waals surface area contributed by atoms with Gasteiger partial charge in [-0.3, -0.25) is 14.2 Å². The summed E-state index contributed by atoms with van der Waals surface area (Å²) in [5, 5.41) is 3.06. The van der Waals surface area contributed by atoms with Crippen molar-refractivity contribution < 1.29 is 9.18 Å². The molecule has 0 bridgehead atoms. The minimum Gasteiger partial charge on any atom is -0.331 e. The second-order valence-electron chi connectivity index (χ2n) is 6.58. The number of halogens is 1. The highest BCUT2D eigenvalue weighted by atomic mass is 32.1. The third kappa shape index (κ3) is 3.60. The van der Waals surface area contributed by atoms with E-state index >= 15 is 0 Å². The zero-order chi connectivity index (χ0) is 20.5. The largest absolute Gasteiger partial charge is 0.331 e. The smallest absolute Gasteiger partial charge is 0.266 e. The monoisotopic (exact) mass is 405 g/mol. The summed E-state index contributed by atoms with van der Waals surface area (Å²) in [6.07, 6.45) is 0. The molecule has 0 atom stereocenters. The summed E-state index contributed by atoms with van der Waals surface area (Å²) in [5.41, 5.74) is 2.00. The predicted molar refractivity (Wildman–Crippen MR) is 114 cm³/mol. The first-order chi connectivity index (χ1) is 13.9. The molecular weight excluding hydrogens is 389 g/mol. The van der Waals surface area contributed by atoms with Crippen LogP contribution in [0.4, 0.5) is 10.1 Å². The van der Waals surface area contributed by atoms with Crippen LogP contribution in [0.1, 0.15) is 15.9 Å². The average Bonchev–Trinajstić information content (AvgIpc) is 2.71. The Hall–Kier alpha value is -3.58. The molecule has 0 fully saturated rings. The number of hydrogen-bond donors (Lipinski definition) is 2. The number of H-pyrrole nitrogens is 1. The predicted octanol–water partition coefficient (Wildman–Crippen LogP) is 4.75. The molecule has 0 spiro atoms.